The van der Waals surface area contributed by atoms with Gasteiger partial charge in [-0.25, -0.2) is 0 Å². The fourth-order valence-electron chi connectivity index (χ4n) is 3.27. The zero-order chi connectivity index (χ0) is 16.1. The monoisotopic (exact) mass is 330 g/mol. The van der Waals surface area contributed by atoms with E-state index in [9.17, 15) is 0 Å². The molecule has 0 bridgehead atoms. The van der Waals surface area contributed by atoms with Gasteiger partial charge in [0.1, 0.15) is 0 Å². The maximum atomic E-state index is 5.84. The minimum absolute atomic E-state index is 0.322. The lowest BCUT2D eigenvalue weighted by molar-refractivity contribution is -0.0705. The van der Waals surface area contributed by atoms with Crippen molar-refractivity contribution in [1.82, 2.24) is 10.2 Å². The van der Waals surface area contributed by atoms with E-state index in [-0.39, 0.29) is 0 Å². The molecule has 1 aliphatic heterocycles. The Labute approximate surface area is 143 Å². The minimum atomic E-state index is 0.322. The van der Waals surface area contributed by atoms with Crippen LogP contribution in [0.25, 0.3) is 0 Å². The molecule has 23 heavy (non-hydrogen) atoms. The van der Waals surface area contributed by atoms with Crippen LogP contribution in [0.5, 0.6) is 0 Å². The zero-order valence-corrected chi connectivity index (χ0v) is 14.8. The van der Waals surface area contributed by atoms with Gasteiger partial charge in [-0.2, -0.15) is 0 Å². The number of rotatable bonds is 6. The molecule has 1 aliphatic rings. The largest absolute Gasteiger partial charge is 0.373 e. The molecule has 3 rings (SSSR count). The zero-order valence-electron chi connectivity index (χ0n) is 14.0. The average molecular weight is 330 g/mol. The van der Waals surface area contributed by atoms with Crippen molar-refractivity contribution >= 4 is 11.3 Å². The highest BCUT2D eigenvalue weighted by Crippen LogP contribution is 2.17. The summed E-state index contributed by atoms with van der Waals surface area (Å²) >= 11 is 1.81. The molecule has 1 aromatic heterocycles. The third kappa shape index (κ3) is 4.88. The van der Waals surface area contributed by atoms with Gasteiger partial charge in [-0.05, 0) is 36.4 Å². The molecule has 2 aromatic rings. The minimum Gasteiger partial charge on any atom is -0.373 e. The van der Waals surface area contributed by atoms with Crippen LogP contribution < -0.4 is 5.32 Å². The van der Waals surface area contributed by atoms with Crippen LogP contribution in [0.1, 0.15) is 29.9 Å². The molecule has 1 N–H and O–H groups in total. The highest BCUT2D eigenvalue weighted by molar-refractivity contribution is 7.09. The Morgan fingerprint density at radius 2 is 1.78 bits per heavy atom. The van der Waals surface area contributed by atoms with E-state index in [1.165, 1.54) is 16.0 Å². The summed E-state index contributed by atoms with van der Waals surface area (Å²) in [6, 6.07) is 13.1. The molecular weight excluding hydrogens is 304 g/mol. The van der Waals surface area contributed by atoms with Crippen molar-refractivity contribution in [2.24, 2.45) is 0 Å². The van der Waals surface area contributed by atoms with Crippen molar-refractivity contribution in [2.45, 2.75) is 45.7 Å². The molecule has 2 heterocycles. The number of nitrogens with zero attached hydrogens (tertiary/aromatic N) is 1. The normalized spacial score (nSPS) is 22.3. The maximum Gasteiger partial charge on any atom is 0.0678 e. The number of ether oxygens (including phenoxy) is 1. The fraction of sp³-hybridized carbons (Fsp3) is 0.474. The van der Waals surface area contributed by atoms with E-state index in [4.69, 9.17) is 4.74 Å². The van der Waals surface area contributed by atoms with Crippen LogP contribution in [0.15, 0.2) is 41.8 Å². The van der Waals surface area contributed by atoms with Gasteiger partial charge in [0, 0.05) is 37.6 Å². The van der Waals surface area contributed by atoms with Crippen LogP contribution in [0, 0.1) is 0 Å². The van der Waals surface area contributed by atoms with Crippen molar-refractivity contribution in [1.29, 1.82) is 0 Å². The lowest BCUT2D eigenvalue weighted by Crippen LogP contribution is -2.45. The topological polar surface area (TPSA) is 24.5 Å². The molecule has 0 unspecified atom stereocenters. The van der Waals surface area contributed by atoms with Crippen LogP contribution >= 0.6 is 11.3 Å². The molecule has 0 spiro atoms. The van der Waals surface area contributed by atoms with Crippen LogP contribution in [0.4, 0.5) is 0 Å². The van der Waals surface area contributed by atoms with Crippen LogP contribution in [-0.2, 0) is 24.4 Å². The van der Waals surface area contributed by atoms with Crippen molar-refractivity contribution in [3.05, 3.63) is 57.8 Å². The molecule has 124 valence electrons. The Morgan fingerprint density at radius 3 is 2.48 bits per heavy atom. The third-order valence-corrected chi connectivity index (χ3v) is 5.08. The molecule has 1 aromatic carbocycles. The van der Waals surface area contributed by atoms with Crippen molar-refractivity contribution in [3.8, 4) is 0 Å². The molecule has 2 atom stereocenters. The quantitative estimate of drug-likeness (QED) is 0.875. The molecular formula is C19H26N2OS. The van der Waals surface area contributed by atoms with Gasteiger partial charge in [-0.1, -0.05) is 30.3 Å². The highest BCUT2D eigenvalue weighted by atomic mass is 32.1. The van der Waals surface area contributed by atoms with Gasteiger partial charge in [-0.15, -0.1) is 11.3 Å². The molecule has 3 nitrogen and oxygen atoms in total. The second-order valence-corrected chi connectivity index (χ2v) is 7.44. The average Bonchev–Trinajstić information content (AvgIpc) is 3.01. The van der Waals surface area contributed by atoms with Gasteiger partial charge >= 0.3 is 0 Å². The lowest BCUT2D eigenvalue weighted by atomic mass is 10.1. The summed E-state index contributed by atoms with van der Waals surface area (Å²) in [5.74, 6) is 0. The summed E-state index contributed by atoms with van der Waals surface area (Å²) in [4.78, 5) is 3.90. The van der Waals surface area contributed by atoms with Gasteiger partial charge in [0.05, 0.1) is 12.2 Å². The van der Waals surface area contributed by atoms with Gasteiger partial charge in [0.25, 0.3) is 0 Å². The summed E-state index contributed by atoms with van der Waals surface area (Å²) in [7, 11) is 0. The van der Waals surface area contributed by atoms with Crippen LogP contribution in [0.2, 0.25) is 0 Å². The second-order valence-electron chi connectivity index (χ2n) is 6.40. The van der Waals surface area contributed by atoms with E-state index in [0.717, 1.165) is 32.7 Å². The number of thiophene rings is 1. The highest BCUT2D eigenvalue weighted by Gasteiger charge is 2.22. The molecule has 0 aliphatic carbocycles. The molecule has 0 saturated carbocycles. The number of hydrogen-bond acceptors (Lipinski definition) is 4. The predicted octanol–water partition coefficient (Wildman–Crippen LogP) is 3.65. The maximum absolute atomic E-state index is 5.84. The van der Waals surface area contributed by atoms with Crippen molar-refractivity contribution in [2.75, 3.05) is 13.1 Å². The van der Waals surface area contributed by atoms with Crippen LogP contribution in [-0.4, -0.2) is 30.2 Å². The third-order valence-electron chi connectivity index (χ3n) is 4.20. The van der Waals surface area contributed by atoms with E-state index in [2.05, 4.69) is 65.8 Å². The molecule has 4 heteroatoms. The summed E-state index contributed by atoms with van der Waals surface area (Å²) in [5.41, 5.74) is 2.82. The van der Waals surface area contributed by atoms with Gasteiger partial charge in [0.15, 0.2) is 0 Å². The number of benzene rings is 1. The van der Waals surface area contributed by atoms with E-state index in [1.807, 2.05) is 0 Å². The van der Waals surface area contributed by atoms with Crippen LogP contribution in [0.3, 0.4) is 0 Å². The van der Waals surface area contributed by atoms with E-state index in [0.29, 0.717) is 12.2 Å². The summed E-state index contributed by atoms with van der Waals surface area (Å²) < 4.78 is 5.84. The summed E-state index contributed by atoms with van der Waals surface area (Å²) in [5, 5.41) is 5.70. The summed E-state index contributed by atoms with van der Waals surface area (Å²) in [6.45, 7) is 9.23. The standard InChI is InChI=1S/C19H26N2OS/c1-15-12-21(13-16(2)22-15)14-18-7-4-3-6-17(18)10-20-11-19-8-5-9-23-19/h3-9,15-16,20H,10-14H2,1-2H3/t15-,16-/m0/s1. The Bertz CT molecular complexity index is 589. The van der Waals surface area contributed by atoms with Gasteiger partial charge in [-0.3, -0.25) is 4.90 Å². The fourth-order valence-corrected chi connectivity index (χ4v) is 3.95. The molecule has 1 saturated heterocycles. The predicted molar refractivity (Wildman–Crippen MR) is 96.6 cm³/mol. The lowest BCUT2D eigenvalue weighted by Gasteiger charge is -2.35. The van der Waals surface area contributed by atoms with Crippen molar-refractivity contribution < 1.29 is 4.74 Å². The molecule has 0 amide bonds. The first kappa shape index (κ1) is 16.7. The number of nitrogens with one attached hydrogen (secondary N) is 1. The Morgan fingerprint density at radius 1 is 1.04 bits per heavy atom. The van der Waals surface area contributed by atoms with E-state index in [1.54, 1.807) is 11.3 Å². The van der Waals surface area contributed by atoms with Gasteiger partial charge in [0.2, 0.25) is 0 Å². The Hall–Kier alpha value is -1.20. The van der Waals surface area contributed by atoms with Gasteiger partial charge < -0.3 is 10.1 Å². The first-order valence-electron chi connectivity index (χ1n) is 8.38. The Kier molecular flexibility index (Phi) is 5.84. The molecule has 1 fully saturated rings. The molecule has 0 radical (unpaired) electrons. The number of morpholine rings is 1. The first-order valence-corrected chi connectivity index (χ1v) is 9.26. The van der Waals surface area contributed by atoms with E-state index >= 15 is 0 Å². The Balaban J connectivity index is 1.58. The first-order chi connectivity index (χ1) is 11.2. The number of hydrogen-bond donors (Lipinski definition) is 1. The SMILES string of the molecule is C[C@H]1CN(Cc2ccccc2CNCc2cccs2)C[C@H](C)O1. The second kappa shape index (κ2) is 8.06. The van der Waals surface area contributed by atoms with E-state index < -0.39 is 0 Å². The van der Waals surface area contributed by atoms with Crippen molar-refractivity contribution in [3.63, 3.8) is 0 Å². The summed E-state index contributed by atoms with van der Waals surface area (Å²) in [6.07, 6.45) is 0.644. The smallest absolute Gasteiger partial charge is 0.0678 e.